The molecule has 5 nitrogen and oxygen atoms in total. The molecule has 178 valence electrons. The third-order valence-corrected chi connectivity index (χ3v) is 5.68. The van der Waals surface area contributed by atoms with Gasteiger partial charge in [-0.1, -0.05) is 91.7 Å². The number of aryl methyl sites for hydroxylation is 1. The van der Waals surface area contributed by atoms with Crippen molar-refractivity contribution in [2.75, 3.05) is 13.2 Å². The number of carbonyl (C=O) groups excluding carboxylic acids is 2. The first-order valence-electron chi connectivity index (χ1n) is 11.9. The second kappa shape index (κ2) is 13.2. The molecule has 0 aliphatic rings. The van der Waals surface area contributed by atoms with Gasteiger partial charge in [-0.2, -0.15) is 0 Å². The van der Waals surface area contributed by atoms with Crippen molar-refractivity contribution >= 4 is 11.8 Å². The Bertz CT molecular complexity index is 1020. The lowest BCUT2D eigenvalue weighted by Gasteiger charge is -2.31. The fourth-order valence-electron chi connectivity index (χ4n) is 3.70. The second-order valence-electron chi connectivity index (χ2n) is 8.46. The smallest absolute Gasteiger partial charge is 0.261 e. The van der Waals surface area contributed by atoms with Crippen molar-refractivity contribution in [3.8, 4) is 5.75 Å². The van der Waals surface area contributed by atoms with Gasteiger partial charge >= 0.3 is 0 Å². The Hall–Kier alpha value is -3.60. The van der Waals surface area contributed by atoms with Gasteiger partial charge < -0.3 is 15.0 Å². The number of nitrogens with one attached hydrogen (secondary N) is 1. The van der Waals surface area contributed by atoms with Crippen LogP contribution in [0.5, 0.6) is 5.75 Å². The van der Waals surface area contributed by atoms with Gasteiger partial charge in [0.15, 0.2) is 6.61 Å². The van der Waals surface area contributed by atoms with Crippen LogP contribution in [-0.4, -0.2) is 35.9 Å². The topological polar surface area (TPSA) is 58.6 Å². The maximum Gasteiger partial charge on any atom is 0.261 e. The summed E-state index contributed by atoms with van der Waals surface area (Å²) in [7, 11) is 0. The van der Waals surface area contributed by atoms with Crippen LogP contribution in [0.25, 0.3) is 0 Å². The first-order chi connectivity index (χ1) is 16.6. The molecule has 0 bridgehead atoms. The van der Waals surface area contributed by atoms with Crippen LogP contribution in [0.2, 0.25) is 0 Å². The molecule has 0 saturated carbocycles. The molecule has 0 aromatic heterocycles. The number of carbonyl (C=O) groups is 2. The number of hydrogen-bond donors (Lipinski definition) is 1. The summed E-state index contributed by atoms with van der Waals surface area (Å²) in [5.74, 6) is 0.263. The van der Waals surface area contributed by atoms with Crippen molar-refractivity contribution < 1.29 is 14.3 Å². The molecule has 0 spiro atoms. The summed E-state index contributed by atoms with van der Waals surface area (Å²) in [6, 6.07) is 26.5. The lowest BCUT2D eigenvalue weighted by Crippen LogP contribution is -2.51. The molecule has 0 aliphatic heterocycles. The van der Waals surface area contributed by atoms with E-state index < -0.39 is 6.04 Å². The Morgan fingerprint density at radius 2 is 1.50 bits per heavy atom. The Labute approximate surface area is 202 Å². The highest BCUT2D eigenvalue weighted by atomic mass is 16.5. The number of ether oxygens (including phenoxy) is 1. The van der Waals surface area contributed by atoms with Crippen molar-refractivity contribution in [2.24, 2.45) is 0 Å². The number of benzene rings is 3. The summed E-state index contributed by atoms with van der Waals surface area (Å²) in [5, 5.41) is 3.03. The zero-order valence-corrected chi connectivity index (χ0v) is 20.1. The van der Waals surface area contributed by atoms with Crippen molar-refractivity contribution in [1.82, 2.24) is 10.2 Å². The third kappa shape index (κ3) is 7.77. The summed E-state index contributed by atoms with van der Waals surface area (Å²) in [5.41, 5.74) is 3.09. The molecule has 34 heavy (non-hydrogen) atoms. The molecule has 5 heteroatoms. The monoisotopic (exact) mass is 458 g/mol. The van der Waals surface area contributed by atoms with Crippen LogP contribution in [0.4, 0.5) is 0 Å². The third-order valence-electron chi connectivity index (χ3n) is 5.68. The predicted molar refractivity (Wildman–Crippen MR) is 136 cm³/mol. The quantitative estimate of drug-likeness (QED) is 0.392. The van der Waals surface area contributed by atoms with Gasteiger partial charge in [-0.05, 0) is 36.6 Å². The van der Waals surface area contributed by atoms with Gasteiger partial charge in [0.25, 0.3) is 5.91 Å². The van der Waals surface area contributed by atoms with Crippen LogP contribution in [0.1, 0.15) is 36.5 Å². The minimum atomic E-state index is -0.645. The Morgan fingerprint density at radius 3 is 2.12 bits per heavy atom. The molecule has 1 atom stereocenters. The summed E-state index contributed by atoms with van der Waals surface area (Å²) in [4.78, 5) is 28.4. The van der Waals surface area contributed by atoms with Gasteiger partial charge in [0.1, 0.15) is 11.8 Å². The fourth-order valence-corrected chi connectivity index (χ4v) is 3.70. The summed E-state index contributed by atoms with van der Waals surface area (Å²) in [6.07, 6.45) is 2.32. The molecular weight excluding hydrogens is 424 g/mol. The number of unbranched alkanes of at least 4 members (excludes halogenated alkanes) is 1. The van der Waals surface area contributed by atoms with Crippen LogP contribution in [0.15, 0.2) is 84.9 Å². The van der Waals surface area contributed by atoms with Crippen LogP contribution in [-0.2, 0) is 22.6 Å². The van der Waals surface area contributed by atoms with Crippen molar-refractivity contribution in [3.63, 3.8) is 0 Å². The standard InChI is InChI=1S/C29H34N2O3/c1-3-4-19-30-29(33)27(20-24-11-7-5-8-12-24)31(21-25-13-9-6-10-14-25)28(32)22-34-26-17-15-23(2)16-18-26/h5-18,27H,3-4,19-22H2,1-2H3,(H,30,33)/t27-/m0/s1. The van der Waals surface area contributed by atoms with Crippen molar-refractivity contribution in [3.05, 3.63) is 102 Å². The van der Waals surface area contributed by atoms with Gasteiger partial charge in [0, 0.05) is 19.5 Å². The van der Waals surface area contributed by atoms with Crippen LogP contribution < -0.4 is 10.1 Å². The van der Waals surface area contributed by atoms with E-state index in [1.807, 2.05) is 91.9 Å². The zero-order chi connectivity index (χ0) is 24.2. The molecular formula is C29H34N2O3. The average molecular weight is 459 g/mol. The van der Waals surface area contributed by atoms with Gasteiger partial charge in [0.05, 0.1) is 0 Å². The summed E-state index contributed by atoms with van der Waals surface area (Å²) >= 11 is 0. The highest BCUT2D eigenvalue weighted by molar-refractivity contribution is 5.88. The highest BCUT2D eigenvalue weighted by Gasteiger charge is 2.30. The maximum atomic E-state index is 13.5. The summed E-state index contributed by atoms with van der Waals surface area (Å²) in [6.45, 7) is 4.87. The second-order valence-corrected chi connectivity index (χ2v) is 8.46. The molecule has 0 heterocycles. The first kappa shape index (κ1) is 25.0. The Morgan fingerprint density at radius 1 is 0.882 bits per heavy atom. The van der Waals surface area contributed by atoms with E-state index in [9.17, 15) is 9.59 Å². The zero-order valence-electron chi connectivity index (χ0n) is 20.1. The van der Waals surface area contributed by atoms with E-state index in [2.05, 4.69) is 12.2 Å². The molecule has 0 unspecified atom stereocenters. The maximum absolute atomic E-state index is 13.5. The molecule has 3 rings (SSSR count). The largest absolute Gasteiger partial charge is 0.484 e. The molecule has 0 aliphatic carbocycles. The van der Waals surface area contributed by atoms with E-state index in [0.29, 0.717) is 25.3 Å². The molecule has 3 aromatic rings. The lowest BCUT2D eigenvalue weighted by molar-refractivity contribution is -0.142. The molecule has 3 aromatic carbocycles. The van der Waals surface area contributed by atoms with Gasteiger partial charge in [0.2, 0.25) is 5.91 Å². The minimum absolute atomic E-state index is 0.135. The van der Waals surface area contributed by atoms with Gasteiger partial charge in [-0.15, -0.1) is 0 Å². The average Bonchev–Trinajstić information content (AvgIpc) is 2.87. The van der Waals surface area contributed by atoms with Gasteiger partial charge in [-0.25, -0.2) is 0 Å². The molecule has 1 N–H and O–H groups in total. The Kier molecular flexibility index (Phi) is 9.71. The van der Waals surface area contributed by atoms with Crippen molar-refractivity contribution in [1.29, 1.82) is 0 Å². The number of amides is 2. The van der Waals surface area contributed by atoms with Gasteiger partial charge in [-0.3, -0.25) is 9.59 Å². The number of hydrogen-bond acceptors (Lipinski definition) is 3. The fraction of sp³-hybridized carbons (Fsp3) is 0.310. The predicted octanol–water partition coefficient (Wildman–Crippen LogP) is 4.93. The molecule has 0 radical (unpaired) electrons. The van der Waals surface area contributed by atoms with E-state index in [4.69, 9.17) is 4.74 Å². The van der Waals surface area contributed by atoms with Crippen LogP contribution in [0, 0.1) is 6.92 Å². The number of nitrogens with zero attached hydrogens (tertiary/aromatic N) is 1. The SMILES string of the molecule is CCCCNC(=O)[C@H](Cc1ccccc1)N(Cc1ccccc1)C(=O)COc1ccc(C)cc1. The van der Waals surface area contributed by atoms with E-state index in [1.54, 1.807) is 4.90 Å². The van der Waals surface area contributed by atoms with E-state index in [1.165, 1.54) is 0 Å². The number of rotatable bonds is 12. The molecule has 0 saturated heterocycles. The van der Waals surface area contributed by atoms with E-state index in [0.717, 1.165) is 29.5 Å². The minimum Gasteiger partial charge on any atom is -0.484 e. The normalized spacial score (nSPS) is 11.5. The molecule has 0 fully saturated rings. The first-order valence-corrected chi connectivity index (χ1v) is 11.9. The Balaban J connectivity index is 1.85. The van der Waals surface area contributed by atoms with E-state index >= 15 is 0 Å². The van der Waals surface area contributed by atoms with E-state index in [-0.39, 0.29) is 18.4 Å². The highest BCUT2D eigenvalue weighted by Crippen LogP contribution is 2.16. The van der Waals surface area contributed by atoms with Crippen molar-refractivity contribution in [2.45, 2.75) is 45.7 Å². The van der Waals surface area contributed by atoms with Crippen LogP contribution >= 0.6 is 0 Å². The van der Waals surface area contributed by atoms with Crippen LogP contribution in [0.3, 0.4) is 0 Å². The molecule has 2 amide bonds. The summed E-state index contributed by atoms with van der Waals surface area (Å²) < 4.78 is 5.80. The lowest BCUT2D eigenvalue weighted by atomic mass is 10.0.